The third-order valence-corrected chi connectivity index (χ3v) is 4.66. The average molecular weight is 238 g/mol. The van der Waals surface area contributed by atoms with Crippen LogP contribution in [0.3, 0.4) is 0 Å². The van der Waals surface area contributed by atoms with Gasteiger partial charge in [-0.25, -0.2) is 0 Å². The van der Waals surface area contributed by atoms with E-state index in [0.717, 1.165) is 6.42 Å². The van der Waals surface area contributed by atoms with Crippen LogP contribution in [0.2, 0.25) is 0 Å². The van der Waals surface area contributed by atoms with Crippen molar-refractivity contribution in [3.8, 4) is 0 Å². The molecule has 4 unspecified atom stereocenters. The third kappa shape index (κ3) is 1.69. The number of likely N-dealkylation sites (tertiary alicyclic amines) is 1. The first-order chi connectivity index (χ1) is 7.82. The van der Waals surface area contributed by atoms with E-state index >= 15 is 0 Å². The van der Waals surface area contributed by atoms with Gasteiger partial charge in [0.2, 0.25) is 11.8 Å². The molecule has 0 radical (unpaired) electrons. The number of nitrogens with two attached hydrogens (primary N) is 1. The molecule has 1 heterocycles. The Morgan fingerprint density at radius 3 is 2.18 bits per heavy atom. The van der Waals surface area contributed by atoms with Gasteiger partial charge in [-0.05, 0) is 11.3 Å². The second kappa shape index (κ2) is 3.80. The summed E-state index contributed by atoms with van der Waals surface area (Å²) in [6.45, 7) is 8.49. The van der Waals surface area contributed by atoms with Gasteiger partial charge in [0, 0.05) is 12.6 Å². The van der Waals surface area contributed by atoms with E-state index in [-0.39, 0.29) is 35.1 Å². The van der Waals surface area contributed by atoms with Crippen molar-refractivity contribution in [3.63, 3.8) is 0 Å². The summed E-state index contributed by atoms with van der Waals surface area (Å²) in [5.41, 5.74) is 5.89. The Morgan fingerprint density at radius 2 is 1.76 bits per heavy atom. The Bertz CT molecular complexity index is 340. The average Bonchev–Trinajstić information content (AvgIpc) is 2.74. The van der Waals surface area contributed by atoms with E-state index < -0.39 is 0 Å². The van der Waals surface area contributed by atoms with Gasteiger partial charge in [-0.15, -0.1) is 0 Å². The zero-order valence-corrected chi connectivity index (χ0v) is 11.1. The van der Waals surface area contributed by atoms with Crippen molar-refractivity contribution in [2.75, 3.05) is 6.54 Å². The van der Waals surface area contributed by atoms with E-state index in [9.17, 15) is 9.59 Å². The number of carbonyl (C=O) groups excluding carboxylic acids is 2. The number of nitrogens with zero attached hydrogens (tertiary/aromatic N) is 1. The molecule has 4 atom stereocenters. The van der Waals surface area contributed by atoms with Gasteiger partial charge in [-0.3, -0.25) is 14.5 Å². The van der Waals surface area contributed by atoms with E-state index in [1.165, 1.54) is 4.90 Å². The second-order valence-electron chi connectivity index (χ2n) is 6.11. The number of piperidine rings is 1. The molecule has 1 saturated heterocycles. The molecule has 1 saturated carbocycles. The van der Waals surface area contributed by atoms with Crippen LogP contribution in [-0.4, -0.2) is 29.3 Å². The third-order valence-electron chi connectivity index (χ3n) is 4.66. The summed E-state index contributed by atoms with van der Waals surface area (Å²) in [5, 5.41) is 0. The van der Waals surface area contributed by atoms with E-state index in [0.29, 0.717) is 12.5 Å². The van der Waals surface area contributed by atoms with E-state index in [4.69, 9.17) is 5.73 Å². The molecule has 0 aromatic heterocycles. The highest BCUT2D eigenvalue weighted by molar-refractivity contribution is 6.10. The summed E-state index contributed by atoms with van der Waals surface area (Å²) in [4.78, 5) is 25.5. The largest absolute Gasteiger partial charge is 0.326 e. The van der Waals surface area contributed by atoms with Crippen LogP contribution in [-0.2, 0) is 9.59 Å². The first kappa shape index (κ1) is 12.6. The summed E-state index contributed by atoms with van der Waals surface area (Å²) < 4.78 is 0. The van der Waals surface area contributed by atoms with Crippen LogP contribution in [0, 0.1) is 23.2 Å². The second-order valence-corrected chi connectivity index (χ2v) is 6.11. The van der Waals surface area contributed by atoms with Crippen LogP contribution < -0.4 is 5.73 Å². The number of hydrogen-bond donors (Lipinski definition) is 1. The lowest BCUT2D eigenvalue weighted by Crippen LogP contribution is -2.46. The molecule has 2 aliphatic rings. The first-order valence-electron chi connectivity index (χ1n) is 6.43. The van der Waals surface area contributed by atoms with Gasteiger partial charge >= 0.3 is 0 Å². The molecule has 2 N–H and O–H groups in total. The molecule has 2 amide bonds. The highest BCUT2D eigenvalue weighted by Gasteiger charge is 2.72. The van der Waals surface area contributed by atoms with Gasteiger partial charge in [0.05, 0.1) is 11.8 Å². The van der Waals surface area contributed by atoms with Crippen molar-refractivity contribution in [1.29, 1.82) is 0 Å². The van der Waals surface area contributed by atoms with Gasteiger partial charge in [-0.1, -0.05) is 34.1 Å². The zero-order valence-electron chi connectivity index (χ0n) is 11.1. The minimum Gasteiger partial charge on any atom is -0.326 e. The Morgan fingerprint density at radius 1 is 1.29 bits per heavy atom. The number of amides is 2. The van der Waals surface area contributed by atoms with Crippen molar-refractivity contribution in [1.82, 2.24) is 4.90 Å². The molecule has 1 aliphatic carbocycles. The smallest absolute Gasteiger partial charge is 0.233 e. The lowest BCUT2D eigenvalue weighted by Gasteiger charge is -2.26. The van der Waals surface area contributed by atoms with E-state index in [1.54, 1.807) is 0 Å². The maximum absolute atomic E-state index is 12.1. The number of imide groups is 1. The standard InChI is InChI=1S/C13H22N2O2/c1-5-7(2)8(14)6-15-11(16)9-10(12(15)17)13(9,3)4/h7-10H,5-6,14H2,1-4H3. The molecule has 17 heavy (non-hydrogen) atoms. The number of rotatable bonds is 4. The molecule has 2 rings (SSSR count). The topological polar surface area (TPSA) is 63.4 Å². The monoisotopic (exact) mass is 238 g/mol. The van der Waals surface area contributed by atoms with Crippen molar-refractivity contribution < 1.29 is 9.59 Å². The molecule has 4 nitrogen and oxygen atoms in total. The van der Waals surface area contributed by atoms with Crippen LogP contribution in [0.1, 0.15) is 34.1 Å². The summed E-state index contributed by atoms with van der Waals surface area (Å²) in [6.07, 6.45) is 0.968. The Balaban J connectivity index is 2.02. The number of carbonyl (C=O) groups is 2. The lowest BCUT2D eigenvalue weighted by molar-refractivity contribution is -0.143. The predicted octanol–water partition coefficient (Wildman–Crippen LogP) is 1.00. The maximum Gasteiger partial charge on any atom is 0.233 e. The Labute approximate surface area is 103 Å². The Kier molecular flexibility index (Phi) is 2.81. The van der Waals surface area contributed by atoms with Crippen LogP contribution >= 0.6 is 0 Å². The highest BCUT2D eigenvalue weighted by atomic mass is 16.2. The number of hydrogen-bond acceptors (Lipinski definition) is 3. The predicted molar refractivity (Wildman–Crippen MR) is 64.9 cm³/mol. The van der Waals surface area contributed by atoms with Gasteiger partial charge in [0.25, 0.3) is 0 Å². The minimum atomic E-state index is -0.120. The number of fused-ring (bicyclic) bond motifs is 1. The fourth-order valence-electron chi connectivity index (χ4n) is 2.88. The van der Waals surface area contributed by atoms with Crippen molar-refractivity contribution in [2.45, 2.75) is 40.2 Å². The van der Waals surface area contributed by atoms with Gasteiger partial charge in [-0.2, -0.15) is 0 Å². The molecule has 0 aromatic rings. The molecule has 4 heteroatoms. The Hall–Kier alpha value is -0.900. The zero-order chi connectivity index (χ0) is 13.0. The summed E-state index contributed by atoms with van der Waals surface area (Å²) in [7, 11) is 0. The summed E-state index contributed by atoms with van der Waals surface area (Å²) >= 11 is 0. The van der Waals surface area contributed by atoms with Crippen molar-refractivity contribution in [2.24, 2.45) is 28.9 Å². The minimum absolute atomic E-state index is 0.0104. The van der Waals surface area contributed by atoms with E-state index in [2.05, 4.69) is 13.8 Å². The van der Waals surface area contributed by atoms with Crippen LogP contribution in [0.15, 0.2) is 0 Å². The SMILES string of the molecule is CCC(C)C(N)CN1C(=O)C2C(C1=O)C2(C)C. The highest BCUT2D eigenvalue weighted by Crippen LogP contribution is 2.63. The summed E-state index contributed by atoms with van der Waals surface area (Å²) in [5.74, 6) is 0.145. The molecular formula is C13H22N2O2. The molecule has 96 valence electrons. The van der Waals surface area contributed by atoms with Crippen molar-refractivity contribution >= 4 is 11.8 Å². The normalized spacial score (nSPS) is 33.6. The van der Waals surface area contributed by atoms with Crippen molar-refractivity contribution in [3.05, 3.63) is 0 Å². The molecule has 1 aliphatic heterocycles. The quantitative estimate of drug-likeness (QED) is 0.743. The van der Waals surface area contributed by atoms with Gasteiger partial charge in [0.1, 0.15) is 0 Å². The molecule has 0 spiro atoms. The van der Waals surface area contributed by atoms with Crippen LogP contribution in [0.5, 0.6) is 0 Å². The fraction of sp³-hybridized carbons (Fsp3) is 0.846. The van der Waals surface area contributed by atoms with Gasteiger partial charge < -0.3 is 5.73 Å². The molecule has 2 fully saturated rings. The maximum atomic E-state index is 12.1. The fourth-order valence-corrected chi connectivity index (χ4v) is 2.88. The lowest BCUT2D eigenvalue weighted by atomic mass is 9.98. The van der Waals surface area contributed by atoms with E-state index in [1.807, 2.05) is 13.8 Å². The first-order valence-corrected chi connectivity index (χ1v) is 6.43. The van der Waals surface area contributed by atoms with Crippen LogP contribution in [0.4, 0.5) is 0 Å². The summed E-state index contributed by atoms with van der Waals surface area (Å²) in [6, 6.07) is -0.103. The van der Waals surface area contributed by atoms with Crippen LogP contribution in [0.25, 0.3) is 0 Å². The van der Waals surface area contributed by atoms with Gasteiger partial charge in [0.15, 0.2) is 0 Å². The molecular weight excluding hydrogens is 216 g/mol. The molecule has 0 bridgehead atoms. The molecule has 0 aromatic carbocycles.